The predicted octanol–water partition coefficient (Wildman–Crippen LogP) is 4.10. The van der Waals surface area contributed by atoms with Gasteiger partial charge in [0.1, 0.15) is 17.1 Å². The van der Waals surface area contributed by atoms with Gasteiger partial charge in [0.15, 0.2) is 0 Å². The number of ether oxygens (including phenoxy) is 1. The highest BCUT2D eigenvalue weighted by molar-refractivity contribution is 6.39. The summed E-state index contributed by atoms with van der Waals surface area (Å²) in [6.07, 6.45) is 1.49. The fourth-order valence-electron chi connectivity index (χ4n) is 5.07. The summed E-state index contributed by atoms with van der Waals surface area (Å²) in [5.74, 6) is -0.979. The van der Waals surface area contributed by atoms with Crippen molar-refractivity contribution in [2.24, 2.45) is 14.1 Å². The molecule has 3 aromatic carbocycles. The van der Waals surface area contributed by atoms with E-state index in [1.54, 1.807) is 42.5 Å². The van der Waals surface area contributed by atoms with Crippen LogP contribution in [0.4, 0.5) is 10.1 Å². The van der Waals surface area contributed by atoms with Gasteiger partial charge in [0.2, 0.25) is 5.91 Å². The summed E-state index contributed by atoms with van der Waals surface area (Å²) in [7, 11) is 4.17. The predicted molar refractivity (Wildman–Crippen MR) is 167 cm³/mol. The number of nitrogens with zero attached hydrogens (tertiary/aromatic N) is 2. The first-order valence-electron chi connectivity index (χ1n) is 13.5. The molecular weight excluding hydrogens is 612 g/mol. The molecule has 0 bridgehead atoms. The number of benzene rings is 3. The van der Waals surface area contributed by atoms with E-state index in [-0.39, 0.29) is 39.8 Å². The molecule has 0 spiro atoms. The van der Waals surface area contributed by atoms with E-state index >= 15 is 4.39 Å². The first-order valence-corrected chi connectivity index (χ1v) is 14.3. The van der Waals surface area contributed by atoms with Gasteiger partial charge in [-0.1, -0.05) is 53.5 Å². The number of amides is 2. The van der Waals surface area contributed by atoms with Crippen LogP contribution in [0.25, 0.3) is 22.3 Å². The number of hydrogen-bond acceptors (Lipinski definition) is 6. The summed E-state index contributed by atoms with van der Waals surface area (Å²) in [6, 6.07) is 13.1. The van der Waals surface area contributed by atoms with E-state index in [9.17, 15) is 19.2 Å². The second-order valence-electron chi connectivity index (χ2n) is 10.3. The Morgan fingerprint density at radius 3 is 2.41 bits per heavy atom. The lowest BCUT2D eigenvalue weighted by atomic mass is 9.97. The van der Waals surface area contributed by atoms with Gasteiger partial charge in [-0.15, -0.1) is 0 Å². The summed E-state index contributed by atoms with van der Waals surface area (Å²) in [6.45, 7) is 0.643. The summed E-state index contributed by atoms with van der Waals surface area (Å²) < 4.78 is 22.9. The number of methoxy groups -OCH3 is 1. The summed E-state index contributed by atoms with van der Waals surface area (Å²) in [4.78, 5) is 49.1. The van der Waals surface area contributed by atoms with E-state index in [0.717, 1.165) is 9.13 Å². The van der Waals surface area contributed by atoms with E-state index in [1.165, 1.54) is 33.5 Å². The number of nitrogens with one attached hydrogen (secondary N) is 3. The maximum Gasteiger partial charge on any atom is 0.330 e. The van der Waals surface area contributed by atoms with Crippen molar-refractivity contribution in [1.29, 1.82) is 0 Å². The molecule has 0 saturated carbocycles. The molecule has 5 rings (SSSR count). The van der Waals surface area contributed by atoms with Crippen LogP contribution in [0.5, 0.6) is 5.75 Å². The van der Waals surface area contributed by atoms with Crippen LogP contribution in [-0.2, 0) is 25.4 Å². The molecule has 1 saturated heterocycles. The Balaban J connectivity index is 1.46. The molecule has 10 nitrogen and oxygen atoms in total. The molecule has 1 aliphatic rings. The van der Waals surface area contributed by atoms with Crippen molar-refractivity contribution in [3.05, 3.63) is 103 Å². The average Bonchev–Trinajstić information content (AvgIpc) is 3.43. The third-order valence-corrected chi connectivity index (χ3v) is 8.27. The average molecular weight is 640 g/mol. The van der Waals surface area contributed by atoms with Gasteiger partial charge in [0.05, 0.1) is 22.8 Å². The lowest BCUT2D eigenvalue weighted by molar-refractivity contribution is -0.119. The minimum atomic E-state index is -0.747. The fraction of sp³-hybridized carbons (Fsp3) is 0.226. The van der Waals surface area contributed by atoms with Gasteiger partial charge in [-0.2, -0.15) is 0 Å². The van der Waals surface area contributed by atoms with Crippen molar-refractivity contribution < 1.29 is 18.7 Å². The molecule has 44 heavy (non-hydrogen) atoms. The van der Waals surface area contributed by atoms with Gasteiger partial charge in [-0.3, -0.25) is 19.0 Å². The monoisotopic (exact) mass is 639 g/mol. The van der Waals surface area contributed by atoms with E-state index in [4.69, 9.17) is 27.9 Å². The van der Waals surface area contributed by atoms with Crippen molar-refractivity contribution in [1.82, 2.24) is 19.8 Å². The van der Waals surface area contributed by atoms with E-state index in [1.807, 2.05) is 0 Å². The molecule has 2 amide bonds. The van der Waals surface area contributed by atoms with Crippen molar-refractivity contribution in [2.45, 2.75) is 19.0 Å². The van der Waals surface area contributed by atoms with Crippen LogP contribution in [0.3, 0.4) is 0 Å². The highest BCUT2D eigenvalue weighted by Gasteiger charge is 2.23. The number of carbonyl (C=O) groups is 2. The number of carbonyl (C=O) groups excluding carboxylic acids is 2. The van der Waals surface area contributed by atoms with Gasteiger partial charge < -0.3 is 25.3 Å². The number of anilines is 1. The molecule has 0 radical (unpaired) electrons. The van der Waals surface area contributed by atoms with E-state index in [2.05, 4.69) is 16.0 Å². The number of aromatic nitrogens is 2. The molecule has 0 aliphatic carbocycles. The Kier molecular flexibility index (Phi) is 8.91. The Labute approximate surface area is 261 Å². The quantitative estimate of drug-likeness (QED) is 0.267. The van der Waals surface area contributed by atoms with E-state index < -0.39 is 23.0 Å². The Bertz CT molecular complexity index is 1920. The van der Waals surface area contributed by atoms with Gasteiger partial charge in [-0.05, 0) is 23.8 Å². The zero-order chi connectivity index (χ0) is 31.7. The zero-order valence-corrected chi connectivity index (χ0v) is 25.5. The standard InChI is InChI=1S/C31H28Cl2FN5O5/c1-38-15-22(30(42)39(2)31(38)43)29(41)37-24-9-5-8-20(28(24)33)19-7-4-6-18(27(19)32)16-10-23(34)21(25(11-16)44-3)14-35-17-12-26(40)36-13-17/h4-11,15,17,35H,12-14H2,1-3H3,(H,36,40)(H,37,41)/t17-/m0/s1. The minimum absolute atomic E-state index is 0.0529. The van der Waals surface area contributed by atoms with Crippen LogP contribution < -0.4 is 31.9 Å². The smallest absolute Gasteiger partial charge is 0.330 e. The molecule has 3 N–H and O–H groups in total. The number of rotatable bonds is 8. The molecule has 13 heteroatoms. The lowest BCUT2D eigenvalue weighted by Gasteiger charge is -2.17. The van der Waals surface area contributed by atoms with Gasteiger partial charge in [0, 0.05) is 68.1 Å². The fourth-order valence-corrected chi connectivity index (χ4v) is 5.68. The highest BCUT2D eigenvalue weighted by Crippen LogP contribution is 2.42. The van der Waals surface area contributed by atoms with Gasteiger partial charge >= 0.3 is 5.69 Å². The zero-order valence-electron chi connectivity index (χ0n) is 24.0. The summed E-state index contributed by atoms with van der Waals surface area (Å²) >= 11 is 13.6. The molecule has 0 unspecified atom stereocenters. The van der Waals surface area contributed by atoms with E-state index in [0.29, 0.717) is 46.5 Å². The van der Waals surface area contributed by atoms with Crippen LogP contribution in [0, 0.1) is 5.82 Å². The third kappa shape index (κ3) is 5.99. The topological polar surface area (TPSA) is 123 Å². The molecule has 228 valence electrons. The molecule has 1 fully saturated rings. The maximum atomic E-state index is 15.4. The van der Waals surface area contributed by atoms with Crippen molar-refractivity contribution in [3.63, 3.8) is 0 Å². The van der Waals surface area contributed by atoms with Gasteiger partial charge in [0.25, 0.3) is 11.5 Å². The molecule has 1 aromatic heterocycles. The molecular formula is C31H28Cl2FN5O5. The first-order chi connectivity index (χ1) is 21.0. The van der Waals surface area contributed by atoms with Gasteiger partial charge in [-0.25, -0.2) is 9.18 Å². The third-order valence-electron chi connectivity index (χ3n) is 7.46. The Morgan fingerprint density at radius 1 is 1.05 bits per heavy atom. The summed E-state index contributed by atoms with van der Waals surface area (Å²) in [5, 5.41) is 9.01. The van der Waals surface area contributed by atoms with Crippen LogP contribution in [0.1, 0.15) is 22.3 Å². The summed E-state index contributed by atoms with van der Waals surface area (Å²) in [5.41, 5.74) is 0.985. The first kappa shape index (κ1) is 31.0. The molecule has 2 heterocycles. The molecule has 4 aromatic rings. The number of hydrogen-bond donors (Lipinski definition) is 3. The SMILES string of the molecule is COc1cc(-c2cccc(-c3cccc(NC(=O)c4cn(C)c(=O)n(C)c4=O)c3Cl)c2Cl)cc(F)c1CN[C@@H]1CNC(=O)C1. The van der Waals surface area contributed by atoms with Crippen LogP contribution in [-0.4, -0.2) is 40.6 Å². The second-order valence-corrected chi connectivity index (χ2v) is 11.1. The van der Waals surface area contributed by atoms with Crippen LogP contribution in [0.15, 0.2) is 64.3 Å². The van der Waals surface area contributed by atoms with Crippen molar-refractivity contribution in [2.75, 3.05) is 19.0 Å². The van der Waals surface area contributed by atoms with Crippen molar-refractivity contribution in [3.8, 4) is 28.0 Å². The van der Waals surface area contributed by atoms with Crippen LogP contribution >= 0.6 is 23.2 Å². The lowest BCUT2D eigenvalue weighted by Crippen LogP contribution is -2.40. The normalized spacial score (nSPS) is 14.4. The number of aryl methyl sites for hydroxylation is 1. The Morgan fingerprint density at radius 2 is 1.73 bits per heavy atom. The largest absolute Gasteiger partial charge is 0.496 e. The number of halogens is 3. The van der Waals surface area contributed by atoms with Crippen molar-refractivity contribution >= 4 is 40.7 Å². The maximum absolute atomic E-state index is 15.4. The molecule has 1 aliphatic heterocycles. The molecule has 1 atom stereocenters. The minimum Gasteiger partial charge on any atom is -0.496 e. The Hall–Kier alpha value is -4.45. The second kappa shape index (κ2) is 12.7. The highest BCUT2D eigenvalue weighted by atomic mass is 35.5. The van der Waals surface area contributed by atoms with Crippen LogP contribution in [0.2, 0.25) is 10.0 Å².